The second kappa shape index (κ2) is 6.27. The number of nitrogens with one attached hydrogen (secondary N) is 1. The molecular formula is C15H19NO3S2. The van der Waals surface area contributed by atoms with Crippen molar-refractivity contribution >= 4 is 21.4 Å². The van der Waals surface area contributed by atoms with E-state index >= 15 is 0 Å². The van der Waals surface area contributed by atoms with Crippen LogP contribution >= 0.6 is 11.3 Å². The Morgan fingerprint density at radius 3 is 2.48 bits per heavy atom. The smallest absolute Gasteiger partial charge is 0.241 e. The molecule has 0 atom stereocenters. The van der Waals surface area contributed by atoms with Gasteiger partial charge in [-0.2, -0.15) is 0 Å². The largest absolute Gasteiger partial charge is 0.392 e. The van der Waals surface area contributed by atoms with Crippen LogP contribution in [0.15, 0.2) is 28.5 Å². The first-order valence-corrected chi connectivity index (χ1v) is 8.95. The van der Waals surface area contributed by atoms with Crippen LogP contribution in [0.1, 0.15) is 27.1 Å². The summed E-state index contributed by atoms with van der Waals surface area (Å²) in [6.07, 6.45) is 0. The number of hydrogen-bond acceptors (Lipinski definition) is 4. The molecule has 0 aliphatic carbocycles. The molecule has 1 heterocycles. The second-order valence-corrected chi connectivity index (χ2v) is 7.78. The van der Waals surface area contributed by atoms with E-state index in [-0.39, 0.29) is 18.0 Å². The molecule has 0 radical (unpaired) electrons. The molecule has 1 aromatic carbocycles. The fourth-order valence-corrected chi connectivity index (χ4v) is 4.39. The molecule has 114 valence electrons. The van der Waals surface area contributed by atoms with Gasteiger partial charge in [0, 0.05) is 11.4 Å². The van der Waals surface area contributed by atoms with Crippen molar-refractivity contribution in [1.82, 2.24) is 4.72 Å². The first kappa shape index (κ1) is 16.2. The van der Waals surface area contributed by atoms with Crippen LogP contribution < -0.4 is 4.72 Å². The summed E-state index contributed by atoms with van der Waals surface area (Å²) in [5.74, 6) is 0. The molecule has 0 saturated carbocycles. The fourth-order valence-electron chi connectivity index (χ4n) is 2.09. The van der Waals surface area contributed by atoms with Crippen molar-refractivity contribution in [2.24, 2.45) is 0 Å². The second-order valence-electron chi connectivity index (χ2n) is 5.05. The summed E-state index contributed by atoms with van der Waals surface area (Å²) in [7, 11) is -3.59. The molecule has 0 aliphatic rings. The van der Waals surface area contributed by atoms with Crippen LogP contribution in [0.5, 0.6) is 0 Å². The highest BCUT2D eigenvalue weighted by atomic mass is 32.2. The van der Waals surface area contributed by atoms with E-state index in [9.17, 15) is 13.5 Å². The summed E-state index contributed by atoms with van der Waals surface area (Å²) in [4.78, 5) is 1.24. The maximum absolute atomic E-state index is 12.5. The van der Waals surface area contributed by atoms with Crippen LogP contribution in [0.4, 0.5) is 0 Å². The number of aryl methyl sites for hydroxylation is 2. The average Bonchev–Trinajstić information content (AvgIpc) is 2.84. The number of hydrogen-bond donors (Lipinski definition) is 2. The van der Waals surface area contributed by atoms with E-state index in [0.717, 1.165) is 16.0 Å². The summed E-state index contributed by atoms with van der Waals surface area (Å²) < 4.78 is 27.6. The normalized spacial score (nSPS) is 11.8. The zero-order valence-corrected chi connectivity index (χ0v) is 13.9. The Balaban J connectivity index is 2.31. The Hall–Kier alpha value is -1.21. The minimum atomic E-state index is -3.59. The van der Waals surface area contributed by atoms with Crippen molar-refractivity contribution < 1.29 is 13.5 Å². The molecule has 2 rings (SSSR count). The molecule has 0 saturated heterocycles. The van der Waals surface area contributed by atoms with Gasteiger partial charge in [0.15, 0.2) is 0 Å². The van der Waals surface area contributed by atoms with E-state index in [1.807, 2.05) is 25.3 Å². The Morgan fingerprint density at radius 1 is 1.19 bits per heavy atom. The zero-order valence-electron chi connectivity index (χ0n) is 12.3. The van der Waals surface area contributed by atoms with E-state index in [0.29, 0.717) is 11.1 Å². The van der Waals surface area contributed by atoms with Crippen molar-refractivity contribution in [3.8, 4) is 0 Å². The van der Waals surface area contributed by atoms with Crippen molar-refractivity contribution in [3.63, 3.8) is 0 Å². The van der Waals surface area contributed by atoms with Crippen molar-refractivity contribution in [2.45, 2.75) is 38.8 Å². The first-order valence-electron chi connectivity index (χ1n) is 6.59. The Bertz CT molecular complexity index is 748. The van der Waals surface area contributed by atoms with Gasteiger partial charge in [-0.3, -0.25) is 0 Å². The van der Waals surface area contributed by atoms with Gasteiger partial charge in [0.1, 0.15) is 0 Å². The molecule has 0 spiro atoms. The lowest BCUT2D eigenvalue weighted by atomic mass is 10.1. The van der Waals surface area contributed by atoms with Gasteiger partial charge in [-0.15, -0.1) is 11.3 Å². The van der Waals surface area contributed by atoms with Gasteiger partial charge < -0.3 is 5.11 Å². The van der Waals surface area contributed by atoms with Crippen LogP contribution in [0.2, 0.25) is 0 Å². The monoisotopic (exact) mass is 325 g/mol. The summed E-state index contributed by atoms with van der Waals surface area (Å²) in [5, 5.41) is 11.2. The maximum atomic E-state index is 12.5. The molecule has 21 heavy (non-hydrogen) atoms. The van der Waals surface area contributed by atoms with Crippen LogP contribution in [0.3, 0.4) is 0 Å². The summed E-state index contributed by atoms with van der Waals surface area (Å²) in [5.41, 5.74) is 3.25. The van der Waals surface area contributed by atoms with E-state index < -0.39 is 10.0 Å². The van der Waals surface area contributed by atoms with Gasteiger partial charge in [0.2, 0.25) is 10.0 Å². The predicted molar refractivity (Wildman–Crippen MR) is 84.9 cm³/mol. The van der Waals surface area contributed by atoms with Crippen LogP contribution in [0, 0.1) is 20.8 Å². The molecule has 0 aliphatic heterocycles. The first-order chi connectivity index (χ1) is 9.85. The van der Waals surface area contributed by atoms with E-state index in [1.54, 1.807) is 13.0 Å². The van der Waals surface area contributed by atoms with Crippen LogP contribution in [-0.2, 0) is 23.2 Å². The molecular weight excluding hydrogens is 306 g/mol. The van der Waals surface area contributed by atoms with E-state index in [2.05, 4.69) is 4.72 Å². The highest BCUT2D eigenvalue weighted by Crippen LogP contribution is 2.22. The number of thiophene rings is 1. The van der Waals surface area contributed by atoms with Crippen molar-refractivity contribution in [2.75, 3.05) is 0 Å². The standard InChI is InChI=1S/C15H19NO3S2/c1-10-4-5-20-14(10)8-16-21(18,19)15-7-13(9-17)6-11(2)12(15)3/h4-7,16-17H,8-9H2,1-3H3. The lowest BCUT2D eigenvalue weighted by Crippen LogP contribution is -2.24. The zero-order chi connectivity index (χ0) is 15.6. The fraction of sp³-hybridized carbons (Fsp3) is 0.333. The molecule has 4 nitrogen and oxygen atoms in total. The average molecular weight is 325 g/mol. The topological polar surface area (TPSA) is 66.4 Å². The van der Waals surface area contributed by atoms with Gasteiger partial charge >= 0.3 is 0 Å². The predicted octanol–water partition coefficient (Wildman–Crippen LogP) is 2.64. The third-order valence-corrected chi connectivity index (χ3v) is 6.09. The van der Waals surface area contributed by atoms with Crippen LogP contribution in [0.25, 0.3) is 0 Å². The number of aliphatic hydroxyl groups excluding tert-OH is 1. The highest BCUT2D eigenvalue weighted by molar-refractivity contribution is 7.89. The minimum Gasteiger partial charge on any atom is -0.392 e. The third kappa shape index (κ3) is 3.52. The maximum Gasteiger partial charge on any atom is 0.241 e. The van der Waals surface area contributed by atoms with Crippen molar-refractivity contribution in [3.05, 3.63) is 50.7 Å². The summed E-state index contributed by atoms with van der Waals surface area (Å²) in [6.45, 7) is 5.70. The molecule has 0 unspecified atom stereocenters. The Labute approximate surface area is 129 Å². The number of sulfonamides is 1. The quantitative estimate of drug-likeness (QED) is 0.888. The third-order valence-electron chi connectivity index (χ3n) is 3.54. The molecule has 1 aromatic heterocycles. The summed E-state index contributed by atoms with van der Waals surface area (Å²) in [6, 6.07) is 5.31. The number of benzene rings is 1. The van der Waals surface area contributed by atoms with Gasteiger partial charge in [-0.1, -0.05) is 6.07 Å². The lowest BCUT2D eigenvalue weighted by Gasteiger charge is -2.13. The number of aliphatic hydroxyl groups is 1. The van der Waals surface area contributed by atoms with Crippen LogP contribution in [-0.4, -0.2) is 13.5 Å². The molecule has 0 amide bonds. The molecule has 0 fully saturated rings. The van der Waals surface area contributed by atoms with Gasteiger partial charge in [-0.25, -0.2) is 13.1 Å². The van der Waals surface area contributed by atoms with Gasteiger partial charge in [0.25, 0.3) is 0 Å². The molecule has 6 heteroatoms. The molecule has 2 N–H and O–H groups in total. The Kier molecular flexibility index (Phi) is 4.83. The lowest BCUT2D eigenvalue weighted by molar-refractivity contribution is 0.281. The number of rotatable bonds is 5. The summed E-state index contributed by atoms with van der Waals surface area (Å²) >= 11 is 1.53. The van der Waals surface area contributed by atoms with Gasteiger partial charge in [0.05, 0.1) is 11.5 Å². The molecule has 0 bridgehead atoms. The highest BCUT2D eigenvalue weighted by Gasteiger charge is 2.19. The minimum absolute atomic E-state index is 0.173. The van der Waals surface area contributed by atoms with Crippen molar-refractivity contribution in [1.29, 1.82) is 0 Å². The van der Waals surface area contributed by atoms with E-state index in [1.165, 1.54) is 17.4 Å². The SMILES string of the molecule is Cc1ccsc1CNS(=O)(=O)c1cc(CO)cc(C)c1C. The van der Waals surface area contributed by atoms with Gasteiger partial charge in [-0.05, 0) is 60.5 Å². The molecule has 2 aromatic rings. The Morgan fingerprint density at radius 2 is 1.90 bits per heavy atom. The van der Waals surface area contributed by atoms with E-state index in [4.69, 9.17) is 0 Å².